The highest BCUT2D eigenvalue weighted by molar-refractivity contribution is 5.79. The van der Waals surface area contributed by atoms with Crippen molar-refractivity contribution < 1.29 is 4.79 Å². The van der Waals surface area contributed by atoms with Crippen molar-refractivity contribution >= 4 is 5.91 Å². The number of carbonyl (C=O) groups excluding carboxylic acids is 1. The van der Waals surface area contributed by atoms with Crippen molar-refractivity contribution in [2.45, 2.75) is 19.4 Å². The number of primary amides is 1. The Labute approximate surface area is 70.2 Å². The molecule has 0 aromatic carbocycles. The van der Waals surface area contributed by atoms with E-state index in [4.69, 9.17) is 11.5 Å². The lowest BCUT2D eigenvalue weighted by atomic mass is 10.2. The van der Waals surface area contributed by atoms with Crippen LogP contribution in [0.5, 0.6) is 0 Å². The first kappa shape index (κ1) is 8.73. The Balaban J connectivity index is 2.58. The normalized spacial score (nSPS) is 12.8. The number of carbonyl (C=O) groups is 1. The quantitative estimate of drug-likeness (QED) is 0.544. The van der Waals surface area contributed by atoms with Crippen LogP contribution in [0.2, 0.25) is 0 Å². The third kappa shape index (κ3) is 2.06. The molecular formula is C7H12N4O. The Hall–Kier alpha value is -1.36. The number of hydrogen-bond acceptors (Lipinski definition) is 3. The molecule has 0 fully saturated rings. The van der Waals surface area contributed by atoms with Gasteiger partial charge in [0.25, 0.3) is 0 Å². The zero-order chi connectivity index (χ0) is 9.14. The predicted molar refractivity (Wildman–Crippen MR) is 44.2 cm³/mol. The zero-order valence-electron chi connectivity index (χ0n) is 6.87. The molecule has 0 radical (unpaired) electrons. The molecule has 1 rings (SSSR count). The average molecular weight is 168 g/mol. The second-order valence-corrected chi connectivity index (χ2v) is 2.71. The highest BCUT2D eigenvalue weighted by Crippen LogP contribution is 1.98. The van der Waals surface area contributed by atoms with Crippen LogP contribution in [0.3, 0.4) is 0 Å². The summed E-state index contributed by atoms with van der Waals surface area (Å²) < 4.78 is 0. The predicted octanol–water partition coefficient (Wildman–Crippen LogP) is -0.927. The highest BCUT2D eigenvalue weighted by atomic mass is 16.1. The maximum absolute atomic E-state index is 10.6. The minimum absolute atomic E-state index is 0.413. The van der Waals surface area contributed by atoms with E-state index in [1.54, 1.807) is 6.20 Å². The number of aromatic nitrogens is 2. The Morgan fingerprint density at radius 2 is 2.50 bits per heavy atom. The molecule has 5 N–H and O–H groups in total. The molecule has 1 aromatic heterocycles. The molecule has 0 saturated carbocycles. The molecule has 5 nitrogen and oxygen atoms in total. The summed E-state index contributed by atoms with van der Waals surface area (Å²) in [6.07, 6.45) is 2.06. The van der Waals surface area contributed by atoms with Gasteiger partial charge in [0, 0.05) is 18.3 Å². The maximum Gasteiger partial charge on any atom is 0.234 e. The molecule has 66 valence electrons. The molecule has 0 saturated heterocycles. The molecule has 0 aliphatic carbocycles. The Morgan fingerprint density at radius 1 is 1.83 bits per heavy atom. The van der Waals surface area contributed by atoms with E-state index < -0.39 is 11.9 Å². The molecule has 0 bridgehead atoms. The minimum Gasteiger partial charge on any atom is -0.368 e. The summed E-state index contributed by atoms with van der Waals surface area (Å²) in [7, 11) is 0. The number of aryl methyl sites for hydroxylation is 1. The van der Waals surface area contributed by atoms with E-state index in [2.05, 4.69) is 9.97 Å². The number of nitrogens with two attached hydrogens (primary N) is 2. The molecule has 0 aliphatic heterocycles. The highest BCUT2D eigenvalue weighted by Gasteiger charge is 2.10. The molecule has 1 amide bonds. The zero-order valence-corrected chi connectivity index (χ0v) is 6.87. The van der Waals surface area contributed by atoms with Crippen molar-refractivity contribution in [1.82, 2.24) is 9.97 Å². The topological polar surface area (TPSA) is 97.8 Å². The van der Waals surface area contributed by atoms with E-state index in [1.807, 2.05) is 6.92 Å². The molecule has 1 heterocycles. The van der Waals surface area contributed by atoms with E-state index >= 15 is 0 Å². The molecular weight excluding hydrogens is 156 g/mol. The summed E-state index contributed by atoms with van der Waals surface area (Å²) in [4.78, 5) is 17.5. The largest absolute Gasteiger partial charge is 0.368 e. The van der Waals surface area contributed by atoms with Crippen molar-refractivity contribution in [2.24, 2.45) is 11.5 Å². The van der Waals surface area contributed by atoms with E-state index in [1.165, 1.54) is 0 Å². The Kier molecular flexibility index (Phi) is 2.44. The summed E-state index contributed by atoms with van der Waals surface area (Å²) in [5.74, 6) is 0.309. The summed E-state index contributed by atoms with van der Waals surface area (Å²) in [5.41, 5.74) is 11.3. The van der Waals surface area contributed by atoms with Gasteiger partial charge in [-0.15, -0.1) is 0 Å². The Morgan fingerprint density at radius 3 is 2.92 bits per heavy atom. The first-order valence-corrected chi connectivity index (χ1v) is 3.65. The number of imidazole rings is 1. The lowest BCUT2D eigenvalue weighted by molar-refractivity contribution is -0.119. The van der Waals surface area contributed by atoms with Gasteiger partial charge in [-0.25, -0.2) is 4.98 Å². The number of hydrogen-bond donors (Lipinski definition) is 3. The SMILES string of the molecule is Cc1ncc(C[C@H](N)C(N)=O)[nH]1. The fourth-order valence-corrected chi connectivity index (χ4v) is 0.913. The number of rotatable bonds is 3. The van der Waals surface area contributed by atoms with Crippen LogP contribution in [-0.4, -0.2) is 21.9 Å². The van der Waals surface area contributed by atoms with Crippen LogP contribution in [0, 0.1) is 6.92 Å². The van der Waals surface area contributed by atoms with Gasteiger partial charge in [-0.1, -0.05) is 0 Å². The fraction of sp³-hybridized carbons (Fsp3) is 0.429. The Bertz CT molecular complexity index is 281. The monoisotopic (exact) mass is 168 g/mol. The number of nitrogens with zero attached hydrogens (tertiary/aromatic N) is 1. The summed E-state index contributed by atoms with van der Waals surface area (Å²) in [6, 6.07) is -0.634. The van der Waals surface area contributed by atoms with Gasteiger partial charge in [0.1, 0.15) is 5.82 Å². The van der Waals surface area contributed by atoms with Gasteiger partial charge in [0.05, 0.1) is 6.04 Å². The first-order valence-electron chi connectivity index (χ1n) is 3.65. The van der Waals surface area contributed by atoms with Gasteiger partial charge in [-0.05, 0) is 6.92 Å². The number of nitrogens with one attached hydrogen (secondary N) is 1. The van der Waals surface area contributed by atoms with Crippen LogP contribution in [0.25, 0.3) is 0 Å². The van der Waals surface area contributed by atoms with Crippen LogP contribution in [-0.2, 0) is 11.2 Å². The van der Waals surface area contributed by atoms with E-state index in [0.29, 0.717) is 6.42 Å². The van der Waals surface area contributed by atoms with Crippen LogP contribution in [0.1, 0.15) is 11.5 Å². The molecule has 1 atom stereocenters. The van der Waals surface area contributed by atoms with Crippen molar-refractivity contribution in [2.75, 3.05) is 0 Å². The second-order valence-electron chi connectivity index (χ2n) is 2.71. The molecule has 1 aromatic rings. The van der Waals surface area contributed by atoms with Crippen LogP contribution >= 0.6 is 0 Å². The summed E-state index contributed by atoms with van der Waals surface area (Å²) in [6.45, 7) is 1.83. The summed E-state index contributed by atoms with van der Waals surface area (Å²) in [5, 5.41) is 0. The molecule has 5 heteroatoms. The van der Waals surface area contributed by atoms with Crippen LogP contribution in [0.4, 0.5) is 0 Å². The van der Waals surface area contributed by atoms with Crippen LogP contribution < -0.4 is 11.5 Å². The van der Waals surface area contributed by atoms with Crippen LogP contribution in [0.15, 0.2) is 6.20 Å². The third-order valence-corrected chi connectivity index (χ3v) is 1.56. The minimum atomic E-state index is -0.634. The lowest BCUT2D eigenvalue weighted by Gasteiger charge is -2.03. The van der Waals surface area contributed by atoms with E-state index in [9.17, 15) is 4.79 Å². The fourth-order valence-electron chi connectivity index (χ4n) is 0.913. The van der Waals surface area contributed by atoms with Crippen molar-refractivity contribution in [3.63, 3.8) is 0 Å². The smallest absolute Gasteiger partial charge is 0.234 e. The van der Waals surface area contributed by atoms with Gasteiger partial charge in [-0.3, -0.25) is 4.79 Å². The number of aromatic amines is 1. The molecule has 12 heavy (non-hydrogen) atoms. The lowest BCUT2D eigenvalue weighted by Crippen LogP contribution is -2.38. The van der Waals surface area contributed by atoms with Gasteiger partial charge < -0.3 is 16.5 Å². The van der Waals surface area contributed by atoms with Gasteiger partial charge in [0.2, 0.25) is 5.91 Å². The van der Waals surface area contributed by atoms with Crippen molar-refractivity contribution in [3.8, 4) is 0 Å². The van der Waals surface area contributed by atoms with E-state index in [-0.39, 0.29) is 0 Å². The summed E-state index contributed by atoms with van der Waals surface area (Å²) >= 11 is 0. The van der Waals surface area contributed by atoms with Gasteiger partial charge in [0.15, 0.2) is 0 Å². The maximum atomic E-state index is 10.6. The van der Waals surface area contributed by atoms with Gasteiger partial charge >= 0.3 is 0 Å². The number of H-pyrrole nitrogens is 1. The molecule has 0 aliphatic rings. The average Bonchev–Trinajstić information content (AvgIpc) is 2.35. The van der Waals surface area contributed by atoms with Gasteiger partial charge in [-0.2, -0.15) is 0 Å². The number of amides is 1. The third-order valence-electron chi connectivity index (χ3n) is 1.56. The van der Waals surface area contributed by atoms with E-state index in [0.717, 1.165) is 11.5 Å². The molecule has 0 unspecified atom stereocenters. The van der Waals surface area contributed by atoms with Crippen molar-refractivity contribution in [3.05, 3.63) is 17.7 Å². The second kappa shape index (κ2) is 3.36. The first-order chi connectivity index (χ1) is 5.59. The molecule has 0 spiro atoms. The van der Waals surface area contributed by atoms with Crippen molar-refractivity contribution in [1.29, 1.82) is 0 Å². The standard InChI is InChI=1S/C7H12N4O/c1-4-10-3-5(11-4)2-6(8)7(9)12/h3,6H,2,8H2,1H3,(H2,9,12)(H,10,11)/t6-/m0/s1.